The van der Waals surface area contributed by atoms with Crippen molar-refractivity contribution in [3.63, 3.8) is 0 Å². The van der Waals surface area contributed by atoms with Gasteiger partial charge in [0.15, 0.2) is 0 Å². The Morgan fingerprint density at radius 2 is 1.58 bits per heavy atom. The lowest BCUT2D eigenvalue weighted by molar-refractivity contribution is 0.0977. The summed E-state index contributed by atoms with van der Waals surface area (Å²) < 4.78 is 0. The van der Waals surface area contributed by atoms with Gasteiger partial charge < -0.3 is 4.90 Å². The van der Waals surface area contributed by atoms with Gasteiger partial charge >= 0.3 is 0 Å². The first kappa shape index (κ1) is 15.9. The molecule has 120 valence electrons. The van der Waals surface area contributed by atoms with Crippen LogP contribution in [-0.4, -0.2) is 10.9 Å². The summed E-state index contributed by atoms with van der Waals surface area (Å²) in [6, 6.07) is 21.6. The zero-order chi connectivity index (χ0) is 16.9. The molecule has 1 unspecified atom stereocenters. The lowest BCUT2D eigenvalue weighted by Crippen LogP contribution is -2.34. The van der Waals surface area contributed by atoms with Gasteiger partial charge in [-0.2, -0.15) is 0 Å². The van der Waals surface area contributed by atoms with Crippen LogP contribution in [0, 0.1) is 6.92 Å². The van der Waals surface area contributed by atoms with E-state index < -0.39 is 0 Å². The van der Waals surface area contributed by atoms with E-state index in [-0.39, 0.29) is 11.9 Å². The number of aryl methyl sites for hydroxylation is 1. The van der Waals surface area contributed by atoms with E-state index in [0.717, 1.165) is 16.8 Å². The molecule has 0 spiro atoms. The van der Waals surface area contributed by atoms with E-state index in [4.69, 9.17) is 0 Å². The quantitative estimate of drug-likeness (QED) is 0.693. The highest BCUT2D eigenvalue weighted by molar-refractivity contribution is 6.07. The minimum atomic E-state index is -0.0753. The van der Waals surface area contributed by atoms with Gasteiger partial charge in [0.2, 0.25) is 0 Å². The van der Waals surface area contributed by atoms with Crippen molar-refractivity contribution in [1.82, 2.24) is 4.98 Å². The Morgan fingerprint density at radius 1 is 0.958 bits per heavy atom. The van der Waals surface area contributed by atoms with Gasteiger partial charge in [-0.1, -0.05) is 48.5 Å². The molecule has 1 amide bonds. The molecule has 0 radical (unpaired) electrons. The topological polar surface area (TPSA) is 33.2 Å². The number of para-hydroxylation sites is 1. The third-order valence-electron chi connectivity index (χ3n) is 4.17. The molecular weight excluding hydrogens is 296 g/mol. The second-order valence-electron chi connectivity index (χ2n) is 5.79. The molecule has 0 aliphatic carbocycles. The Labute approximate surface area is 142 Å². The lowest BCUT2D eigenvalue weighted by Gasteiger charge is -2.30. The second kappa shape index (κ2) is 7.09. The average Bonchev–Trinajstić information content (AvgIpc) is 2.64. The summed E-state index contributed by atoms with van der Waals surface area (Å²) in [6.45, 7) is 3.97. The number of pyridine rings is 1. The molecule has 1 atom stereocenters. The summed E-state index contributed by atoms with van der Waals surface area (Å²) in [4.78, 5) is 19.2. The first-order valence-electron chi connectivity index (χ1n) is 8.02. The molecule has 3 nitrogen and oxygen atoms in total. The predicted molar refractivity (Wildman–Crippen MR) is 97.1 cm³/mol. The summed E-state index contributed by atoms with van der Waals surface area (Å²) in [7, 11) is 0. The van der Waals surface area contributed by atoms with Gasteiger partial charge in [-0.25, -0.2) is 0 Å². The van der Waals surface area contributed by atoms with E-state index in [1.165, 1.54) is 0 Å². The van der Waals surface area contributed by atoms with E-state index >= 15 is 0 Å². The number of hydrogen-bond donors (Lipinski definition) is 0. The minimum Gasteiger partial charge on any atom is -0.301 e. The van der Waals surface area contributed by atoms with Gasteiger partial charge in [0, 0.05) is 23.6 Å². The van der Waals surface area contributed by atoms with Crippen LogP contribution < -0.4 is 4.90 Å². The number of amides is 1. The monoisotopic (exact) mass is 316 g/mol. The molecule has 1 aromatic heterocycles. The summed E-state index contributed by atoms with van der Waals surface area (Å²) in [6.07, 6.45) is 3.39. The molecule has 3 rings (SSSR count). The number of carbonyl (C=O) groups excluding carboxylic acids is 1. The first-order valence-corrected chi connectivity index (χ1v) is 8.02. The number of carbonyl (C=O) groups is 1. The highest BCUT2D eigenvalue weighted by Crippen LogP contribution is 2.29. The summed E-state index contributed by atoms with van der Waals surface area (Å²) in [5.41, 5.74) is 3.54. The van der Waals surface area contributed by atoms with Crippen LogP contribution in [-0.2, 0) is 0 Å². The molecule has 0 N–H and O–H groups in total. The molecule has 3 heteroatoms. The first-order chi connectivity index (χ1) is 11.7. The van der Waals surface area contributed by atoms with Crippen LogP contribution in [0.4, 0.5) is 5.69 Å². The molecule has 0 bridgehead atoms. The summed E-state index contributed by atoms with van der Waals surface area (Å²) in [5, 5.41) is 0. The second-order valence-corrected chi connectivity index (χ2v) is 5.79. The lowest BCUT2D eigenvalue weighted by atomic mass is 10.0. The molecule has 3 aromatic rings. The Morgan fingerprint density at radius 3 is 2.21 bits per heavy atom. The van der Waals surface area contributed by atoms with Crippen molar-refractivity contribution in [2.75, 3.05) is 4.90 Å². The molecule has 1 heterocycles. The van der Waals surface area contributed by atoms with Crippen LogP contribution >= 0.6 is 0 Å². The fourth-order valence-corrected chi connectivity index (χ4v) is 2.83. The van der Waals surface area contributed by atoms with Crippen molar-refractivity contribution in [1.29, 1.82) is 0 Å². The van der Waals surface area contributed by atoms with E-state index in [1.54, 1.807) is 18.5 Å². The third-order valence-corrected chi connectivity index (χ3v) is 4.17. The third kappa shape index (κ3) is 3.20. The van der Waals surface area contributed by atoms with Crippen molar-refractivity contribution < 1.29 is 4.79 Å². The van der Waals surface area contributed by atoms with Gasteiger partial charge in [0.25, 0.3) is 5.91 Å². The van der Waals surface area contributed by atoms with Crippen LogP contribution in [0.25, 0.3) is 0 Å². The van der Waals surface area contributed by atoms with Gasteiger partial charge in [-0.05, 0) is 43.2 Å². The number of nitrogens with zero attached hydrogens (tertiary/aromatic N) is 2. The predicted octanol–water partition coefficient (Wildman–Crippen LogP) is 4.80. The van der Waals surface area contributed by atoms with Gasteiger partial charge in [0.1, 0.15) is 0 Å². The Bertz CT molecular complexity index is 816. The van der Waals surface area contributed by atoms with Crippen LogP contribution in [0.2, 0.25) is 0 Å². The normalized spacial score (nSPS) is 11.8. The maximum atomic E-state index is 13.3. The van der Waals surface area contributed by atoms with Crippen molar-refractivity contribution in [3.05, 3.63) is 95.8 Å². The maximum Gasteiger partial charge on any atom is 0.259 e. The van der Waals surface area contributed by atoms with Crippen LogP contribution in [0.1, 0.15) is 34.5 Å². The smallest absolute Gasteiger partial charge is 0.259 e. The van der Waals surface area contributed by atoms with E-state index in [1.807, 2.05) is 72.5 Å². The zero-order valence-electron chi connectivity index (χ0n) is 13.9. The standard InChI is InChI=1S/C21H20N2O/c1-16-15-22-14-13-20(16)21(24)23(19-11-7-4-8-12-19)17(2)18-9-5-3-6-10-18/h3-15,17H,1-2H3. The van der Waals surface area contributed by atoms with Gasteiger partial charge in [-0.15, -0.1) is 0 Å². The molecule has 0 saturated heterocycles. The number of aromatic nitrogens is 1. The molecule has 2 aromatic carbocycles. The molecule has 24 heavy (non-hydrogen) atoms. The summed E-state index contributed by atoms with van der Waals surface area (Å²) in [5.74, 6) is -0.0162. The maximum absolute atomic E-state index is 13.3. The van der Waals surface area contributed by atoms with Crippen LogP contribution in [0.5, 0.6) is 0 Å². The van der Waals surface area contributed by atoms with Crippen molar-refractivity contribution in [2.24, 2.45) is 0 Å². The van der Waals surface area contributed by atoms with Crippen molar-refractivity contribution >= 4 is 11.6 Å². The van der Waals surface area contributed by atoms with E-state index in [9.17, 15) is 4.79 Å². The Kier molecular flexibility index (Phi) is 4.71. The minimum absolute atomic E-state index is 0.0162. The Balaban J connectivity index is 2.06. The number of anilines is 1. The van der Waals surface area contributed by atoms with Crippen molar-refractivity contribution in [2.45, 2.75) is 19.9 Å². The molecule has 0 saturated carbocycles. The largest absolute Gasteiger partial charge is 0.301 e. The molecule has 0 aliphatic rings. The molecule has 0 aliphatic heterocycles. The van der Waals surface area contributed by atoms with Crippen LogP contribution in [0.15, 0.2) is 79.1 Å². The molecule has 0 fully saturated rings. The molecular formula is C21H20N2O. The van der Waals surface area contributed by atoms with Gasteiger partial charge in [0.05, 0.1) is 6.04 Å². The summed E-state index contributed by atoms with van der Waals surface area (Å²) >= 11 is 0. The van der Waals surface area contributed by atoms with Crippen molar-refractivity contribution in [3.8, 4) is 0 Å². The van der Waals surface area contributed by atoms with Gasteiger partial charge in [-0.3, -0.25) is 9.78 Å². The Hall–Kier alpha value is -2.94. The number of benzene rings is 2. The van der Waals surface area contributed by atoms with E-state index in [0.29, 0.717) is 5.56 Å². The average molecular weight is 316 g/mol. The number of hydrogen-bond acceptors (Lipinski definition) is 2. The fourth-order valence-electron chi connectivity index (χ4n) is 2.83. The fraction of sp³-hybridized carbons (Fsp3) is 0.143. The highest BCUT2D eigenvalue weighted by atomic mass is 16.2. The highest BCUT2D eigenvalue weighted by Gasteiger charge is 2.25. The SMILES string of the molecule is Cc1cnccc1C(=O)N(c1ccccc1)C(C)c1ccccc1. The zero-order valence-corrected chi connectivity index (χ0v) is 13.9. The van der Waals surface area contributed by atoms with Crippen LogP contribution in [0.3, 0.4) is 0 Å². The van der Waals surface area contributed by atoms with E-state index in [2.05, 4.69) is 11.9 Å². The number of rotatable bonds is 4.